The fourth-order valence-electron chi connectivity index (χ4n) is 2.59. The van der Waals surface area contributed by atoms with Crippen molar-refractivity contribution in [1.29, 1.82) is 0 Å². The van der Waals surface area contributed by atoms with E-state index in [0.29, 0.717) is 47.6 Å². The first-order valence-corrected chi connectivity index (χ1v) is 8.75. The lowest BCUT2D eigenvalue weighted by atomic mass is 10.2. The molecule has 0 bridgehead atoms. The Balaban J connectivity index is 1.31. The monoisotopic (exact) mass is 382 g/mol. The molecule has 4 aromatic rings. The lowest BCUT2D eigenvalue weighted by Gasteiger charge is -2.02. The Morgan fingerprint density at radius 2 is 2.00 bits per heavy atom. The first-order valence-electron chi connectivity index (χ1n) is 8.37. The van der Waals surface area contributed by atoms with Crippen LogP contribution in [0.15, 0.2) is 53.2 Å². The van der Waals surface area contributed by atoms with E-state index in [-0.39, 0.29) is 5.91 Å². The minimum absolute atomic E-state index is 0.148. The van der Waals surface area contributed by atoms with Crippen molar-refractivity contribution in [1.82, 2.24) is 24.7 Å². The number of hydrogen-bond acceptors (Lipinski definition) is 6. The highest BCUT2D eigenvalue weighted by atomic mass is 35.5. The van der Waals surface area contributed by atoms with Gasteiger partial charge in [0.1, 0.15) is 0 Å². The third kappa shape index (κ3) is 3.95. The zero-order chi connectivity index (χ0) is 18.6. The topological polar surface area (TPSA) is 98.2 Å². The maximum Gasteiger partial charge on any atom is 0.235 e. The van der Waals surface area contributed by atoms with Gasteiger partial charge in [0.2, 0.25) is 23.6 Å². The summed E-state index contributed by atoms with van der Waals surface area (Å²) in [7, 11) is 0. The zero-order valence-corrected chi connectivity index (χ0v) is 14.9. The molecule has 0 saturated carbocycles. The van der Waals surface area contributed by atoms with Crippen LogP contribution in [0.1, 0.15) is 18.7 Å². The molecule has 1 amide bonds. The van der Waals surface area contributed by atoms with Gasteiger partial charge in [0.05, 0.1) is 0 Å². The Hall–Kier alpha value is -3.26. The average molecular weight is 383 g/mol. The number of nitrogens with zero attached hydrogens (tertiary/aromatic N) is 5. The van der Waals surface area contributed by atoms with E-state index < -0.39 is 0 Å². The molecule has 8 nitrogen and oxygen atoms in total. The number of nitrogens with one attached hydrogen (secondary N) is 1. The summed E-state index contributed by atoms with van der Waals surface area (Å²) in [5.74, 6) is 1.24. The molecular formula is C18H15ClN6O2. The number of benzene rings is 1. The number of anilines is 1. The van der Waals surface area contributed by atoms with Crippen molar-refractivity contribution in [3.05, 3.63) is 59.6 Å². The van der Waals surface area contributed by atoms with E-state index in [1.165, 1.54) is 0 Å². The quantitative estimate of drug-likeness (QED) is 0.548. The maximum absolute atomic E-state index is 12.1. The second-order valence-electron chi connectivity index (χ2n) is 5.87. The number of aromatic nitrogens is 5. The van der Waals surface area contributed by atoms with Crippen molar-refractivity contribution in [3.63, 3.8) is 0 Å². The van der Waals surface area contributed by atoms with E-state index in [0.717, 1.165) is 5.56 Å². The third-order valence-corrected chi connectivity index (χ3v) is 4.18. The number of halogens is 1. The highest BCUT2D eigenvalue weighted by Crippen LogP contribution is 2.19. The van der Waals surface area contributed by atoms with Crippen molar-refractivity contribution in [2.75, 3.05) is 5.32 Å². The Labute approximate surface area is 159 Å². The van der Waals surface area contributed by atoms with Crippen molar-refractivity contribution >= 4 is 29.1 Å². The molecule has 0 spiro atoms. The summed E-state index contributed by atoms with van der Waals surface area (Å²) >= 11 is 5.87. The lowest BCUT2D eigenvalue weighted by Crippen LogP contribution is -2.13. The second-order valence-corrected chi connectivity index (χ2v) is 6.31. The summed E-state index contributed by atoms with van der Waals surface area (Å²) in [6.45, 7) is 0. The fraction of sp³-hybridized carbons (Fsp3) is 0.167. The Bertz CT molecular complexity index is 1070. The second kappa shape index (κ2) is 7.55. The van der Waals surface area contributed by atoms with Crippen molar-refractivity contribution in [2.45, 2.75) is 19.3 Å². The molecule has 0 aliphatic rings. The molecule has 1 aromatic carbocycles. The van der Waals surface area contributed by atoms with E-state index in [1.807, 2.05) is 30.3 Å². The van der Waals surface area contributed by atoms with Gasteiger partial charge in [-0.15, -0.1) is 10.2 Å². The van der Waals surface area contributed by atoms with Crippen LogP contribution in [0.2, 0.25) is 5.02 Å². The third-order valence-electron chi connectivity index (χ3n) is 3.93. The molecule has 27 heavy (non-hydrogen) atoms. The number of pyridine rings is 1. The van der Waals surface area contributed by atoms with E-state index in [2.05, 4.69) is 25.7 Å². The van der Waals surface area contributed by atoms with Crippen molar-refractivity contribution in [2.24, 2.45) is 0 Å². The highest BCUT2D eigenvalue weighted by Gasteiger charge is 2.11. The fourth-order valence-corrected chi connectivity index (χ4v) is 2.71. The first kappa shape index (κ1) is 17.2. The van der Waals surface area contributed by atoms with E-state index in [4.69, 9.17) is 16.1 Å². The zero-order valence-electron chi connectivity index (χ0n) is 14.2. The number of fused-ring (bicyclic) bond motifs is 1. The molecule has 3 heterocycles. The van der Waals surface area contributed by atoms with Gasteiger partial charge in [0, 0.05) is 29.6 Å². The van der Waals surface area contributed by atoms with E-state index >= 15 is 0 Å². The number of hydrogen-bond donors (Lipinski definition) is 1. The molecule has 9 heteroatoms. The molecule has 4 rings (SSSR count). The normalized spacial score (nSPS) is 11.0. The summed E-state index contributed by atoms with van der Waals surface area (Å²) in [4.78, 5) is 16.5. The number of aryl methyl sites for hydroxylation is 1. The van der Waals surface area contributed by atoms with Crippen molar-refractivity contribution in [3.8, 4) is 11.4 Å². The smallest absolute Gasteiger partial charge is 0.235 e. The number of rotatable bonds is 6. The van der Waals surface area contributed by atoms with Crippen LogP contribution < -0.4 is 5.32 Å². The van der Waals surface area contributed by atoms with Gasteiger partial charge in [-0.25, -0.2) is 0 Å². The summed E-state index contributed by atoms with van der Waals surface area (Å²) < 4.78 is 6.96. The highest BCUT2D eigenvalue weighted by molar-refractivity contribution is 6.30. The van der Waals surface area contributed by atoms with Gasteiger partial charge < -0.3 is 4.52 Å². The Kier molecular flexibility index (Phi) is 4.80. The molecule has 0 radical (unpaired) electrons. The molecule has 0 fully saturated rings. The summed E-state index contributed by atoms with van der Waals surface area (Å²) in [6, 6.07) is 12.7. The minimum atomic E-state index is -0.148. The van der Waals surface area contributed by atoms with Gasteiger partial charge in [-0.05, 0) is 42.8 Å². The van der Waals surface area contributed by atoms with Gasteiger partial charge in [-0.2, -0.15) is 4.98 Å². The Morgan fingerprint density at radius 3 is 2.85 bits per heavy atom. The minimum Gasteiger partial charge on any atom is -0.339 e. The lowest BCUT2D eigenvalue weighted by molar-refractivity contribution is -0.116. The SMILES string of the molecule is O=C(CCCc1nc(-c2ccc(Cl)cc2)no1)Nc1nnc2ccccn12. The van der Waals surface area contributed by atoms with E-state index in [1.54, 1.807) is 22.7 Å². The molecule has 0 aliphatic carbocycles. The van der Waals surface area contributed by atoms with Crippen LogP contribution in [-0.4, -0.2) is 30.6 Å². The summed E-state index contributed by atoms with van der Waals surface area (Å²) in [5, 5.41) is 15.3. The summed E-state index contributed by atoms with van der Waals surface area (Å²) in [5.41, 5.74) is 1.50. The van der Waals surface area contributed by atoms with Crippen LogP contribution in [0, 0.1) is 0 Å². The molecular weight excluding hydrogens is 368 g/mol. The Morgan fingerprint density at radius 1 is 1.15 bits per heavy atom. The van der Waals surface area contributed by atoms with Crippen LogP contribution >= 0.6 is 11.6 Å². The van der Waals surface area contributed by atoms with Gasteiger partial charge in [-0.3, -0.25) is 14.5 Å². The van der Waals surface area contributed by atoms with Crippen LogP contribution in [-0.2, 0) is 11.2 Å². The van der Waals surface area contributed by atoms with Crippen LogP contribution in [0.3, 0.4) is 0 Å². The molecule has 0 unspecified atom stereocenters. The number of carbonyl (C=O) groups excluding carboxylic acids is 1. The van der Waals surface area contributed by atoms with Crippen LogP contribution in [0.25, 0.3) is 17.0 Å². The maximum atomic E-state index is 12.1. The van der Waals surface area contributed by atoms with E-state index in [9.17, 15) is 4.79 Å². The number of carbonyl (C=O) groups is 1. The molecule has 1 N–H and O–H groups in total. The van der Waals surface area contributed by atoms with Crippen molar-refractivity contribution < 1.29 is 9.32 Å². The first-order chi connectivity index (χ1) is 13.2. The summed E-state index contributed by atoms with van der Waals surface area (Å²) in [6.07, 6.45) is 3.18. The van der Waals surface area contributed by atoms with Gasteiger partial charge in [0.15, 0.2) is 5.65 Å². The molecule has 0 saturated heterocycles. The molecule has 0 aliphatic heterocycles. The molecule has 0 atom stereocenters. The van der Waals surface area contributed by atoms with Crippen LogP contribution in [0.5, 0.6) is 0 Å². The van der Waals surface area contributed by atoms with Gasteiger partial charge >= 0.3 is 0 Å². The average Bonchev–Trinajstić information content (AvgIpc) is 3.30. The molecule has 136 valence electrons. The van der Waals surface area contributed by atoms with Gasteiger partial charge in [-0.1, -0.05) is 22.8 Å². The molecule has 3 aromatic heterocycles. The van der Waals surface area contributed by atoms with Gasteiger partial charge in [0.25, 0.3) is 0 Å². The largest absolute Gasteiger partial charge is 0.339 e. The number of amides is 1. The standard InChI is InChI=1S/C18H15ClN6O2/c19-13-9-7-12(8-10-13)17-21-16(27-24-17)6-3-5-15(26)20-18-23-22-14-4-1-2-11-25(14)18/h1-2,4,7-11H,3,5-6H2,(H,20,23,26). The predicted octanol–water partition coefficient (Wildman–Crippen LogP) is 3.39. The predicted molar refractivity (Wildman–Crippen MR) is 99.3 cm³/mol. The van der Waals surface area contributed by atoms with Crippen LogP contribution in [0.4, 0.5) is 5.95 Å².